The van der Waals surface area contributed by atoms with Crippen LogP contribution in [0.3, 0.4) is 0 Å². The molecule has 0 saturated heterocycles. The summed E-state index contributed by atoms with van der Waals surface area (Å²) in [7, 11) is -3.44. The molecule has 0 radical (unpaired) electrons. The van der Waals surface area contributed by atoms with Gasteiger partial charge in [0.2, 0.25) is 5.91 Å². The minimum Gasteiger partial charge on any atom is -0.356 e. The Kier molecular flexibility index (Phi) is 6.26. The van der Waals surface area contributed by atoms with E-state index in [0.717, 1.165) is 16.8 Å². The van der Waals surface area contributed by atoms with Gasteiger partial charge in [-0.1, -0.05) is 29.8 Å². The van der Waals surface area contributed by atoms with Crippen LogP contribution in [0.4, 0.5) is 0 Å². The van der Waals surface area contributed by atoms with E-state index in [2.05, 4.69) is 10.4 Å². The van der Waals surface area contributed by atoms with Gasteiger partial charge < -0.3 is 5.32 Å². The first-order chi connectivity index (χ1) is 13.4. The number of amides is 1. The molecule has 0 aliphatic carbocycles. The molecule has 7 heteroatoms. The van der Waals surface area contributed by atoms with Crippen LogP contribution >= 0.6 is 0 Å². The van der Waals surface area contributed by atoms with Gasteiger partial charge in [-0.25, -0.2) is 13.1 Å². The SMILES string of the molecule is Cc1ccc(S(=O)(=O)CCC(=O)NCCc2ccc(-n3cccn3)cc2)cc1. The van der Waals surface area contributed by atoms with E-state index < -0.39 is 9.84 Å². The van der Waals surface area contributed by atoms with Crippen LogP contribution < -0.4 is 5.32 Å². The van der Waals surface area contributed by atoms with Crippen LogP contribution in [0.5, 0.6) is 0 Å². The average molecular weight is 398 g/mol. The molecule has 0 spiro atoms. The van der Waals surface area contributed by atoms with Crippen molar-refractivity contribution >= 4 is 15.7 Å². The van der Waals surface area contributed by atoms with E-state index in [1.54, 1.807) is 35.1 Å². The summed E-state index contributed by atoms with van der Waals surface area (Å²) in [6.07, 6.45) is 4.23. The van der Waals surface area contributed by atoms with Gasteiger partial charge in [-0.3, -0.25) is 4.79 Å². The monoisotopic (exact) mass is 397 g/mol. The van der Waals surface area contributed by atoms with Crippen molar-refractivity contribution in [1.82, 2.24) is 15.1 Å². The minimum absolute atomic E-state index is 0.0472. The molecule has 3 rings (SSSR count). The molecule has 1 aromatic heterocycles. The maximum Gasteiger partial charge on any atom is 0.221 e. The summed E-state index contributed by atoms with van der Waals surface area (Å²) >= 11 is 0. The van der Waals surface area contributed by atoms with Crippen LogP contribution in [0, 0.1) is 6.92 Å². The van der Waals surface area contributed by atoms with Crippen molar-refractivity contribution in [2.45, 2.75) is 24.7 Å². The number of rotatable bonds is 8. The standard InChI is InChI=1S/C21H23N3O3S/c1-17-3-9-20(10-4-17)28(26,27)16-12-21(25)22-14-11-18-5-7-19(8-6-18)24-15-2-13-23-24/h2-10,13,15H,11-12,14,16H2,1H3,(H,22,25). The van der Waals surface area contributed by atoms with Gasteiger partial charge in [-0.2, -0.15) is 5.10 Å². The van der Waals surface area contributed by atoms with Crippen LogP contribution in [0.15, 0.2) is 71.9 Å². The third-order valence-corrected chi connectivity index (χ3v) is 6.15. The zero-order valence-electron chi connectivity index (χ0n) is 15.7. The zero-order valence-corrected chi connectivity index (χ0v) is 16.5. The molecule has 28 heavy (non-hydrogen) atoms. The second-order valence-corrected chi connectivity index (χ2v) is 8.71. The molecule has 1 heterocycles. The number of carbonyl (C=O) groups is 1. The highest BCUT2D eigenvalue weighted by atomic mass is 32.2. The lowest BCUT2D eigenvalue weighted by atomic mass is 10.1. The van der Waals surface area contributed by atoms with E-state index >= 15 is 0 Å². The van der Waals surface area contributed by atoms with Crippen molar-refractivity contribution in [2.75, 3.05) is 12.3 Å². The number of hydrogen-bond acceptors (Lipinski definition) is 4. The predicted molar refractivity (Wildman–Crippen MR) is 108 cm³/mol. The molecule has 2 aromatic carbocycles. The quantitative estimate of drug-likeness (QED) is 0.634. The first-order valence-corrected chi connectivity index (χ1v) is 10.7. The van der Waals surface area contributed by atoms with Crippen molar-refractivity contribution in [2.24, 2.45) is 0 Å². The van der Waals surface area contributed by atoms with Crippen LogP contribution in [-0.2, 0) is 21.1 Å². The predicted octanol–water partition coefficient (Wildman–Crippen LogP) is 2.70. The third-order valence-electron chi connectivity index (χ3n) is 4.42. The Hall–Kier alpha value is -2.93. The van der Waals surface area contributed by atoms with E-state index in [4.69, 9.17) is 0 Å². The molecule has 1 N–H and O–H groups in total. The largest absolute Gasteiger partial charge is 0.356 e. The third kappa shape index (κ3) is 5.29. The van der Waals surface area contributed by atoms with Gasteiger partial charge in [0.1, 0.15) is 0 Å². The number of sulfone groups is 1. The average Bonchev–Trinajstić information content (AvgIpc) is 3.22. The van der Waals surface area contributed by atoms with E-state index in [1.165, 1.54) is 0 Å². The molecule has 0 saturated carbocycles. The zero-order chi connectivity index (χ0) is 20.0. The Bertz CT molecular complexity index is 1010. The summed E-state index contributed by atoms with van der Waals surface area (Å²) in [4.78, 5) is 12.2. The van der Waals surface area contributed by atoms with E-state index in [-0.39, 0.29) is 23.0 Å². The summed E-state index contributed by atoms with van der Waals surface area (Å²) in [6.45, 7) is 2.36. The van der Waals surface area contributed by atoms with E-state index in [0.29, 0.717) is 13.0 Å². The molecular weight excluding hydrogens is 374 g/mol. The molecule has 0 unspecified atom stereocenters. The Labute approximate surface area is 165 Å². The summed E-state index contributed by atoms with van der Waals surface area (Å²) in [5.41, 5.74) is 3.05. The topological polar surface area (TPSA) is 81.1 Å². The molecule has 0 bridgehead atoms. The maximum atomic E-state index is 12.3. The Morgan fingerprint density at radius 2 is 1.79 bits per heavy atom. The number of aromatic nitrogens is 2. The lowest BCUT2D eigenvalue weighted by Gasteiger charge is -2.08. The van der Waals surface area contributed by atoms with Gasteiger partial charge in [0.15, 0.2) is 9.84 Å². The summed E-state index contributed by atoms with van der Waals surface area (Å²) < 4.78 is 26.3. The van der Waals surface area contributed by atoms with Crippen LogP contribution in [-0.4, -0.2) is 36.4 Å². The highest BCUT2D eigenvalue weighted by Gasteiger charge is 2.16. The highest BCUT2D eigenvalue weighted by Crippen LogP contribution is 2.13. The fourth-order valence-electron chi connectivity index (χ4n) is 2.76. The van der Waals surface area contributed by atoms with Crippen LogP contribution in [0.2, 0.25) is 0 Å². The normalized spacial score (nSPS) is 11.3. The van der Waals surface area contributed by atoms with Gasteiger partial charge in [0.25, 0.3) is 0 Å². The number of carbonyl (C=O) groups excluding carboxylic acids is 1. The first-order valence-electron chi connectivity index (χ1n) is 9.09. The van der Waals surface area contributed by atoms with Gasteiger partial charge in [-0.15, -0.1) is 0 Å². The minimum atomic E-state index is -3.44. The molecule has 3 aromatic rings. The van der Waals surface area contributed by atoms with Gasteiger partial charge >= 0.3 is 0 Å². The summed E-state index contributed by atoms with van der Waals surface area (Å²) in [5, 5.41) is 6.96. The fraction of sp³-hybridized carbons (Fsp3) is 0.238. The van der Waals surface area contributed by atoms with Gasteiger partial charge in [0.05, 0.1) is 16.3 Å². The van der Waals surface area contributed by atoms with Crippen molar-refractivity contribution in [3.63, 3.8) is 0 Å². The van der Waals surface area contributed by atoms with E-state index in [9.17, 15) is 13.2 Å². The molecule has 1 amide bonds. The molecule has 0 fully saturated rings. The smallest absolute Gasteiger partial charge is 0.221 e. The summed E-state index contributed by atoms with van der Waals surface area (Å²) in [5.74, 6) is -0.454. The second-order valence-electron chi connectivity index (χ2n) is 6.60. The van der Waals surface area contributed by atoms with Gasteiger partial charge in [-0.05, 0) is 49.2 Å². The number of nitrogens with one attached hydrogen (secondary N) is 1. The second kappa shape index (κ2) is 8.84. The highest BCUT2D eigenvalue weighted by molar-refractivity contribution is 7.91. The maximum absolute atomic E-state index is 12.3. The van der Waals surface area contributed by atoms with Crippen molar-refractivity contribution in [1.29, 1.82) is 0 Å². The Balaban J connectivity index is 1.43. The van der Waals surface area contributed by atoms with Crippen LogP contribution in [0.25, 0.3) is 5.69 Å². The van der Waals surface area contributed by atoms with Crippen molar-refractivity contribution < 1.29 is 13.2 Å². The van der Waals surface area contributed by atoms with Gasteiger partial charge in [0, 0.05) is 25.4 Å². The fourth-order valence-corrected chi connectivity index (χ4v) is 4.00. The number of hydrogen-bond donors (Lipinski definition) is 1. The lowest BCUT2D eigenvalue weighted by Crippen LogP contribution is -2.27. The van der Waals surface area contributed by atoms with Crippen LogP contribution in [0.1, 0.15) is 17.5 Å². The number of nitrogens with zero attached hydrogens (tertiary/aromatic N) is 2. The molecule has 146 valence electrons. The molecule has 0 atom stereocenters. The summed E-state index contributed by atoms with van der Waals surface area (Å²) in [6, 6.07) is 16.5. The van der Waals surface area contributed by atoms with Crippen molar-refractivity contribution in [3.05, 3.63) is 78.1 Å². The molecule has 0 aliphatic heterocycles. The molecular formula is C21H23N3O3S. The lowest BCUT2D eigenvalue weighted by molar-refractivity contribution is -0.120. The number of benzene rings is 2. The van der Waals surface area contributed by atoms with E-state index in [1.807, 2.05) is 43.5 Å². The van der Waals surface area contributed by atoms with Crippen molar-refractivity contribution in [3.8, 4) is 5.69 Å². The number of aryl methyl sites for hydroxylation is 1. The molecule has 6 nitrogen and oxygen atoms in total. The first kappa shape index (κ1) is 19.8. The molecule has 0 aliphatic rings. The Morgan fingerprint density at radius 1 is 1.07 bits per heavy atom. The Morgan fingerprint density at radius 3 is 2.43 bits per heavy atom.